The second-order valence-corrected chi connectivity index (χ2v) is 7.00. The number of aryl methyl sites for hydroxylation is 1. The Kier molecular flexibility index (Phi) is 5.93. The van der Waals surface area contributed by atoms with Gasteiger partial charge in [0.25, 0.3) is 0 Å². The molecule has 0 fully saturated rings. The van der Waals surface area contributed by atoms with Crippen LogP contribution in [-0.2, 0) is 4.79 Å². The van der Waals surface area contributed by atoms with Gasteiger partial charge in [-0.2, -0.15) is 0 Å². The van der Waals surface area contributed by atoms with E-state index in [1.807, 2.05) is 25.1 Å². The Hall–Kier alpha value is -2.34. The van der Waals surface area contributed by atoms with Crippen LogP contribution in [0.25, 0.3) is 0 Å². The molecule has 1 amide bonds. The van der Waals surface area contributed by atoms with E-state index in [0.29, 0.717) is 30.3 Å². The monoisotopic (exact) mass is 417 g/mol. The first kappa shape index (κ1) is 18.5. The number of amides is 1. The molecule has 1 N–H and O–H groups in total. The van der Waals surface area contributed by atoms with Crippen LogP contribution >= 0.6 is 15.9 Å². The smallest absolute Gasteiger partial charge is 0.224 e. The number of rotatable bonds is 5. The molecule has 26 heavy (non-hydrogen) atoms. The van der Waals surface area contributed by atoms with Gasteiger partial charge in [0.2, 0.25) is 5.91 Å². The molecule has 136 valence electrons. The lowest BCUT2D eigenvalue weighted by atomic mass is 10.1. The van der Waals surface area contributed by atoms with Crippen molar-refractivity contribution in [1.82, 2.24) is 0 Å². The molecule has 0 radical (unpaired) electrons. The van der Waals surface area contributed by atoms with Gasteiger partial charge in [0, 0.05) is 35.0 Å². The fraction of sp³-hybridized carbons (Fsp3) is 0.300. The Labute approximate surface area is 160 Å². The summed E-state index contributed by atoms with van der Waals surface area (Å²) in [5.41, 5.74) is 2.28. The zero-order valence-corrected chi connectivity index (χ0v) is 16.1. The minimum atomic E-state index is -0.186. The van der Waals surface area contributed by atoms with E-state index in [4.69, 9.17) is 9.47 Å². The van der Waals surface area contributed by atoms with Gasteiger partial charge in [-0.05, 0) is 48.9 Å². The van der Waals surface area contributed by atoms with Crippen molar-refractivity contribution in [1.29, 1.82) is 0 Å². The van der Waals surface area contributed by atoms with Crippen LogP contribution in [0.15, 0.2) is 40.9 Å². The van der Waals surface area contributed by atoms with Gasteiger partial charge in [-0.3, -0.25) is 9.59 Å². The number of nitrogens with one attached hydrogen (secondary N) is 1. The molecule has 3 rings (SSSR count). The number of ether oxygens (including phenoxy) is 2. The van der Waals surface area contributed by atoms with E-state index in [0.717, 1.165) is 22.1 Å². The molecule has 0 bridgehead atoms. The first-order valence-electron chi connectivity index (χ1n) is 8.52. The zero-order chi connectivity index (χ0) is 18.5. The van der Waals surface area contributed by atoms with Crippen LogP contribution in [0.5, 0.6) is 11.5 Å². The molecule has 0 aromatic heterocycles. The molecule has 5 nitrogen and oxygen atoms in total. The summed E-state index contributed by atoms with van der Waals surface area (Å²) in [6.07, 6.45) is 1.08. The number of carbonyl (C=O) groups excluding carboxylic acids is 2. The van der Waals surface area contributed by atoms with E-state index in [1.165, 1.54) is 0 Å². The van der Waals surface area contributed by atoms with Gasteiger partial charge < -0.3 is 14.8 Å². The Balaban J connectivity index is 1.57. The van der Waals surface area contributed by atoms with Gasteiger partial charge in [-0.25, -0.2) is 0 Å². The van der Waals surface area contributed by atoms with E-state index in [-0.39, 0.29) is 24.5 Å². The van der Waals surface area contributed by atoms with Crippen molar-refractivity contribution in [2.24, 2.45) is 0 Å². The Morgan fingerprint density at radius 1 is 1.04 bits per heavy atom. The van der Waals surface area contributed by atoms with Gasteiger partial charge in [0.15, 0.2) is 17.3 Å². The van der Waals surface area contributed by atoms with E-state index in [9.17, 15) is 9.59 Å². The molecular formula is C20H20BrNO4. The van der Waals surface area contributed by atoms with Crippen LogP contribution in [0, 0.1) is 6.92 Å². The lowest BCUT2D eigenvalue weighted by Gasteiger charge is -2.09. The number of benzene rings is 2. The van der Waals surface area contributed by atoms with Crippen molar-refractivity contribution >= 4 is 33.3 Å². The average Bonchev–Trinajstić information content (AvgIpc) is 2.87. The zero-order valence-electron chi connectivity index (χ0n) is 14.5. The lowest BCUT2D eigenvalue weighted by molar-refractivity contribution is -0.116. The van der Waals surface area contributed by atoms with Crippen molar-refractivity contribution in [3.8, 4) is 11.5 Å². The van der Waals surface area contributed by atoms with Gasteiger partial charge >= 0.3 is 0 Å². The number of carbonyl (C=O) groups is 2. The molecule has 2 aromatic rings. The standard InChI is InChI=1S/C20H20BrNO4/c1-13-11-15(4-5-16(13)21)22-20(24)8-6-17(23)14-3-7-18-19(12-14)26-10-2-9-25-18/h3-5,7,11-12H,2,6,8-10H2,1H3,(H,22,24). The summed E-state index contributed by atoms with van der Waals surface area (Å²) < 4.78 is 12.2. The van der Waals surface area contributed by atoms with Crippen LogP contribution in [0.3, 0.4) is 0 Å². The maximum atomic E-state index is 12.4. The van der Waals surface area contributed by atoms with Crippen molar-refractivity contribution in [3.05, 3.63) is 52.0 Å². The van der Waals surface area contributed by atoms with Crippen LogP contribution in [0.1, 0.15) is 35.2 Å². The molecule has 0 saturated carbocycles. The molecule has 6 heteroatoms. The fourth-order valence-corrected chi connectivity index (χ4v) is 2.90. The second-order valence-electron chi connectivity index (χ2n) is 6.15. The number of Topliss-reactive ketones (excluding diaryl/α,β-unsaturated/α-hetero) is 1. The number of hydrogen-bond acceptors (Lipinski definition) is 4. The number of hydrogen-bond donors (Lipinski definition) is 1. The Morgan fingerprint density at radius 3 is 2.58 bits per heavy atom. The normalized spacial score (nSPS) is 13.0. The fourth-order valence-electron chi connectivity index (χ4n) is 2.65. The average molecular weight is 418 g/mol. The third-order valence-electron chi connectivity index (χ3n) is 4.09. The van der Waals surface area contributed by atoms with Crippen LogP contribution in [0.4, 0.5) is 5.69 Å². The molecule has 0 saturated heterocycles. The summed E-state index contributed by atoms with van der Waals surface area (Å²) in [6, 6.07) is 10.7. The number of halogens is 1. The number of fused-ring (bicyclic) bond motifs is 1. The van der Waals surface area contributed by atoms with Crippen molar-refractivity contribution in [2.45, 2.75) is 26.2 Å². The van der Waals surface area contributed by atoms with E-state index in [2.05, 4.69) is 21.2 Å². The quantitative estimate of drug-likeness (QED) is 0.726. The number of anilines is 1. The summed E-state index contributed by atoms with van der Waals surface area (Å²) in [5, 5.41) is 2.82. The molecule has 0 atom stereocenters. The summed E-state index contributed by atoms with van der Waals surface area (Å²) in [6.45, 7) is 3.13. The topological polar surface area (TPSA) is 64.6 Å². The van der Waals surface area contributed by atoms with Crippen molar-refractivity contribution < 1.29 is 19.1 Å². The molecule has 0 unspecified atom stereocenters. The lowest BCUT2D eigenvalue weighted by Crippen LogP contribution is -2.13. The van der Waals surface area contributed by atoms with Crippen LogP contribution in [-0.4, -0.2) is 24.9 Å². The largest absolute Gasteiger partial charge is 0.490 e. The minimum absolute atomic E-state index is 0.0946. The van der Waals surface area contributed by atoms with Crippen molar-refractivity contribution in [2.75, 3.05) is 18.5 Å². The minimum Gasteiger partial charge on any atom is -0.490 e. The van der Waals surface area contributed by atoms with Gasteiger partial charge in [-0.15, -0.1) is 0 Å². The summed E-state index contributed by atoms with van der Waals surface area (Å²) >= 11 is 3.43. The summed E-state index contributed by atoms with van der Waals surface area (Å²) in [7, 11) is 0. The maximum Gasteiger partial charge on any atom is 0.224 e. The first-order chi connectivity index (χ1) is 12.5. The highest BCUT2D eigenvalue weighted by atomic mass is 79.9. The second kappa shape index (κ2) is 8.36. The van der Waals surface area contributed by atoms with Crippen molar-refractivity contribution in [3.63, 3.8) is 0 Å². The van der Waals surface area contributed by atoms with Crippen LogP contribution in [0.2, 0.25) is 0 Å². The first-order valence-corrected chi connectivity index (χ1v) is 9.31. The molecule has 0 aliphatic carbocycles. The van der Waals surface area contributed by atoms with E-state index in [1.54, 1.807) is 18.2 Å². The maximum absolute atomic E-state index is 12.4. The summed E-state index contributed by atoms with van der Waals surface area (Å²) in [5.74, 6) is 0.961. The molecule has 1 aliphatic rings. The molecule has 0 spiro atoms. The van der Waals surface area contributed by atoms with Gasteiger partial charge in [0.05, 0.1) is 13.2 Å². The van der Waals surface area contributed by atoms with E-state index >= 15 is 0 Å². The predicted molar refractivity (Wildman–Crippen MR) is 103 cm³/mol. The Bertz CT molecular complexity index is 835. The molecule has 1 heterocycles. The van der Waals surface area contributed by atoms with Gasteiger partial charge in [0.1, 0.15) is 0 Å². The molecule has 2 aromatic carbocycles. The third-order valence-corrected chi connectivity index (χ3v) is 4.98. The molecule has 1 aliphatic heterocycles. The summed E-state index contributed by atoms with van der Waals surface area (Å²) in [4.78, 5) is 24.5. The van der Waals surface area contributed by atoms with E-state index < -0.39 is 0 Å². The third kappa shape index (κ3) is 4.64. The van der Waals surface area contributed by atoms with Crippen LogP contribution < -0.4 is 14.8 Å². The molecular weight excluding hydrogens is 398 g/mol. The number of ketones is 1. The predicted octanol–water partition coefficient (Wildman–Crippen LogP) is 4.52. The SMILES string of the molecule is Cc1cc(NC(=O)CCC(=O)c2ccc3c(c2)OCCCO3)ccc1Br. The van der Waals surface area contributed by atoms with Gasteiger partial charge in [-0.1, -0.05) is 15.9 Å². The highest BCUT2D eigenvalue weighted by molar-refractivity contribution is 9.10. The Morgan fingerprint density at radius 2 is 1.81 bits per heavy atom. The highest BCUT2D eigenvalue weighted by Crippen LogP contribution is 2.31. The highest BCUT2D eigenvalue weighted by Gasteiger charge is 2.15.